The molecule has 0 saturated heterocycles. The summed E-state index contributed by atoms with van der Waals surface area (Å²) in [6, 6.07) is 80.7. The third kappa shape index (κ3) is 7.91. The lowest BCUT2D eigenvalue weighted by Gasteiger charge is -2.14. The van der Waals surface area contributed by atoms with E-state index in [4.69, 9.17) is 17.7 Å². The van der Waals surface area contributed by atoms with Crippen LogP contribution >= 0.6 is 0 Å². The molecule has 0 saturated carbocycles. The molecule has 0 radical (unpaired) electrons. The number of fused-ring (bicyclic) bond motifs is 8. The van der Waals surface area contributed by atoms with Gasteiger partial charge in [-0.05, 0) is 175 Å². The predicted molar refractivity (Wildman–Crippen MR) is 339 cm³/mol. The molecule has 0 atom stereocenters. The Kier molecular flexibility index (Phi) is 11.0. The molecule has 8 nitrogen and oxygen atoms in total. The summed E-state index contributed by atoms with van der Waals surface area (Å²) >= 11 is 0. The van der Waals surface area contributed by atoms with Crippen molar-refractivity contribution in [2.75, 3.05) is 0 Å². The van der Waals surface area contributed by atoms with Gasteiger partial charge in [-0.15, -0.1) is 0 Å². The molecule has 16 aromatic rings. The van der Waals surface area contributed by atoms with Gasteiger partial charge in [0, 0.05) is 0 Å². The van der Waals surface area contributed by atoms with Crippen LogP contribution in [0, 0.1) is 0 Å². The fourth-order valence-electron chi connectivity index (χ4n) is 12.1. The third-order valence-corrected chi connectivity index (χ3v) is 16.3. The van der Waals surface area contributed by atoms with Gasteiger partial charge in [0.1, 0.15) is 44.7 Å². The molecule has 0 aliphatic rings. The summed E-state index contributed by atoms with van der Waals surface area (Å²) in [7, 11) is 0. The highest BCUT2D eigenvalue weighted by molar-refractivity contribution is 6.07. The van der Waals surface area contributed by atoms with Crippen LogP contribution in [-0.2, 0) is 0 Å². The van der Waals surface area contributed by atoms with Gasteiger partial charge in [-0.2, -0.15) is 0 Å². The maximum atomic E-state index is 14.7. The topological polar surface area (TPSA) is 121 Å². The first-order valence-corrected chi connectivity index (χ1v) is 27.6. The Morgan fingerprint density at radius 3 is 0.976 bits per heavy atom. The maximum Gasteiger partial charge on any atom is 0.201 e. The predicted octanol–water partition coefficient (Wildman–Crippen LogP) is 18.4. The van der Waals surface area contributed by atoms with Crippen LogP contribution in [0.25, 0.3) is 166 Å². The Hall–Kier alpha value is -11.5. The SMILES string of the molecule is O=c1c2cc(-c3ccccc3)ccc2oc2ccc(-c3cccc(-c4ccc5oc6ccc(-c7cccc(-c8ccc9c(=O)c%10c(-c%11ccccc%11-c%11cccc%12oc%13ccccc%13c(=O)c%11%12)cccc%10oc9c8)c7)cc6c(=O)c5c4)c3)cc12. The minimum Gasteiger partial charge on any atom is -0.456 e. The van der Waals surface area contributed by atoms with E-state index in [-0.39, 0.29) is 21.7 Å². The van der Waals surface area contributed by atoms with Gasteiger partial charge in [-0.3, -0.25) is 19.2 Å². The van der Waals surface area contributed by atoms with E-state index >= 15 is 0 Å². The van der Waals surface area contributed by atoms with Crippen LogP contribution in [0.3, 0.4) is 0 Å². The van der Waals surface area contributed by atoms with Crippen molar-refractivity contribution >= 4 is 87.8 Å². The molecule has 394 valence electrons. The minimum absolute atomic E-state index is 0.0937. The molecule has 0 spiro atoms. The van der Waals surface area contributed by atoms with E-state index in [2.05, 4.69) is 12.1 Å². The zero-order chi connectivity index (χ0) is 56.2. The fraction of sp³-hybridized carbons (Fsp3) is 0. The zero-order valence-corrected chi connectivity index (χ0v) is 44.5. The van der Waals surface area contributed by atoms with E-state index in [1.807, 2.05) is 224 Å². The fourth-order valence-corrected chi connectivity index (χ4v) is 12.1. The molecule has 0 aliphatic carbocycles. The largest absolute Gasteiger partial charge is 0.456 e. The van der Waals surface area contributed by atoms with E-state index in [0.29, 0.717) is 98.9 Å². The summed E-state index contributed by atoms with van der Waals surface area (Å²) < 4.78 is 25.5. The van der Waals surface area contributed by atoms with Crippen LogP contribution in [0.2, 0.25) is 0 Å². The monoisotopic (exact) mass is 1080 g/mol. The first-order chi connectivity index (χ1) is 41.3. The lowest BCUT2D eigenvalue weighted by atomic mass is 9.90. The van der Waals surface area contributed by atoms with Gasteiger partial charge >= 0.3 is 0 Å². The number of hydrogen-bond acceptors (Lipinski definition) is 8. The smallest absolute Gasteiger partial charge is 0.201 e. The van der Waals surface area contributed by atoms with E-state index in [9.17, 15) is 19.2 Å². The molecule has 4 aromatic heterocycles. The van der Waals surface area contributed by atoms with E-state index in [1.54, 1.807) is 18.2 Å². The Labute approximate surface area is 476 Å². The van der Waals surface area contributed by atoms with Crippen molar-refractivity contribution in [3.63, 3.8) is 0 Å². The minimum atomic E-state index is -0.173. The number of hydrogen-bond donors (Lipinski definition) is 0. The first-order valence-electron chi connectivity index (χ1n) is 27.6. The average molecular weight is 1080 g/mol. The molecular weight excluding hydrogens is 1040 g/mol. The molecule has 0 amide bonds. The Bertz CT molecular complexity index is 5730. The molecular formula is C76H42O8. The summed E-state index contributed by atoms with van der Waals surface area (Å²) in [5.74, 6) is 0. The first kappa shape index (κ1) is 48.4. The summed E-state index contributed by atoms with van der Waals surface area (Å²) in [6.07, 6.45) is 0. The van der Waals surface area contributed by atoms with Crippen LogP contribution in [0.4, 0.5) is 0 Å². The molecule has 84 heavy (non-hydrogen) atoms. The molecule has 0 aliphatic heterocycles. The zero-order valence-electron chi connectivity index (χ0n) is 44.5. The van der Waals surface area contributed by atoms with Crippen molar-refractivity contribution in [2.45, 2.75) is 0 Å². The van der Waals surface area contributed by atoms with Gasteiger partial charge in [-0.25, -0.2) is 0 Å². The Morgan fingerprint density at radius 1 is 0.179 bits per heavy atom. The van der Waals surface area contributed by atoms with Gasteiger partial charge in [0.15, 0.2) is 0 Å². The van der Waals surface area contributed by atoms with E-state index in [0.717, 1.165) is 66.8 Å². The van der Waals surface area contributed by atoms with Crippen molar-refractivity contribution in [1.29, 1.82) is 0 Å². The third-order valence-electron chi connectivity index (χ3n) is 16.3. The molecule has 16 rings (SSSR count). The summed E-state index contributed by atoms with van der Waals surface area (Å²) in [4.78, 5) is 57.4. The van der Waals surface area contributed by atoms with Crippen molar-refractivity contribution < 1.29 is 17.7 Å². The van der Waals surface area contributed by atoms with Crippen molar-refractivity contribution in [1.82, 2.24) is 0 Å². The second-order valence-electron chi connectivity index (χ2n) is 21.2. The van der Waals surface area contributed by atoms with Gasteiger partial charge in [0.05, 0.1) is 43.1 Å². The maximum absolute atomic E-state index is 14.7. The average Bonchev–Trinajstić information content (AvgIpc) is 2.52. The second-order valence-corrected chi connectivity index (χ2v) is 21.2. The molecule has 12 aromatic carbocycles. The second kappa shape index (κ2) is 19.1. The van der Waals surface area contributed by atoms with Crippen molar-refractivity contribution in [2.24, 2.45) is 0 Å². The Balaban J connectivity index is 0.714. The van der Waals surface area contributed by atoms with Crippen LogP contribution in [0.15, 0.2) is 292 Å². The van der Waals surface area contributed by atoms with Crippen LogP contribution < -0.4 is 21.7 Å². The van der Waals surface area contributed by atoms with Crippen molar-refractivity contribution in [3.05, 3.63) is 296 Å². The normalized spacial score (nSPS) is 11.8. The lowest BCUT2D eigenvalue weighted by Crippen LogP contribution is -2.05. The highest BCUT2D eigenvalue weighted by Crippen LogP contribution is 2.40. The van der Waals surface area contributed by atoms with E-state index in [1.165, 1.54) is 0 Å². The highest BCUT2D eigenvalue weighted by atomic mass is 16.3. The van der Waals surface area contributed by atoms with Crippen LogP contribution in [-0.4, -0.2) is 0 Å². The number of para-hydroxylation sites is 1. The van der Waals surface area contributed by atoms with Gasteiger partial charge in [0.2, 0.25) is 21.7 Å². The molecule has 4 heterocycles. The molecule has 0 unspecified atom stereocenters. The number of rotatable bonds is 7. The molecule has 0 fully saturated rings. The van der Waals surface area contributed by atoms with Crippen LogP contribution in [0.1, 0.15) is 0 Å². The van der Waals surface area contributed by atoms with Gasteiger partial charge < -0.3 is 17.7 Å². The van der Waals surface area contributed by atoms with E-state index < -0.39 is 0 Å². The lowest BCUT2D eigenvalue weighted by molar-refractivity contribution is 0.659. The van der Waals surface area contributed by atoms with Crippen molar-refractivity contribution in [3.8, 4) is 77.9 Å². The Morgan fingerprint density at radius 2 is 0.488 bits per heavy atom. The van der Waals surface area contributed by atoms with Crippen LogP contribution in [0.5, 0.6) is 0 Å². The number of benzene rings is 12. The standard InChI is InChI=1S/C76H42O8/c77-73-59-38-48(43-12-2-1-3-13-43)27-32-64(59)81-65-33-28-49(39-60(65)73)44-14-8-15-45(36-44)50-29-34-66-61(40-50)74(78)62-41-51(30-35-67(62)82-66)46-16-9-17-47(37-46)52-26-31-58-70(42-52)84-69-25-11-22-56(72(69)76(58)80)54-19-5-4-18-53(54)55-21-10-24-68-71(55)75(79)57-20-6-7-23-63(57)83-68/h1-42H. The van der Waals surface area contributed by atoms with Gasteiger partial charge in [0.25, 0.3) is 0 Å². The highest BCUT2D eigenvalue weighted by Gasteiger charge is 2.21. The summed E-state index contributed by atoms with van der Waals surface area (Å²) in [6.45, 7) is 0. The quantitative estimate of drug-likeness (QED) is 0.145. The summed E-state index contributed by atoms with van der Waals surface area (Å²) in [5, 5.41) is 3.76. The molecule has 0 bridgehead atoms. The molecule has 0 N–H and O–H groups in total. The summed E-state index contributed by atoms with van der Waals surface area (Å²) in [5.41, 5.74) is 15.2. The van der Waals surface area contributed by atoms with Gasteiger partial charge in [-0.1, -0.05) is 158 Å². The molecule has 8 heteroatoms.